The van der Waals surface area contributed by atoms with E-state index >= 15 is 0 Å². The minimum absolute atomic E-state index is 0.221. The van der Waals surface area contributed by atoms with Gasteiger partial charge in [-0.05, 0) is 38.0 Å². The summed E-state index contributed by atoms with van der Waals surface area (Å²) in [5.74, 6) is 5.56. The van der Waals surface area contributed by atoms with Crippen molar-refractivity contribution in [2.45, 2.75) is 30.2 Å². The predicted octanol–water partition coefficient (Wildman–Crippen LogP) is 0.844. The second-order valence-electron chi connectivity index (χ2n) is 5.31. The third-order valence-electron chi connectivity index (χ3n) is 3.46. The molecule has 1 aliphatic rings. The number of ether oxygens (including phenoxy) is 1. The van der Waals surface area contributed by atoms with E-state index in [1.54, 1.807) is 24.3 Å². The van der Waals surface area contributed by atoms with Crippen LogP contribution in [0.15, 0.2) is 29.2 Å². The van der Waals surface area contributed by atoms with Crippen molar-refractivity contribution in [3.05, 3.63) is 29.8 Å². The van der Waals surface area contributed by atoms with E-state index in [0.717, 1.165) is 0 Å². The van der Waals surface area contributed by atoms with Crippen LogP contribution in [0.25, 0.3) is 0 Å². The molecule has 1 aromatic carbocycles. The number of hydrogen-bond acceptors (Lipinski definition) is 4. The van der Waals surface area contributed by atoms with Gasteiger partial charge >= 0.3 is 0 Å². The molecule has 1 fully saturated rings. The molecule has 21 heavy (non-hydrogen) atoms. The van der Waals surface area contributed by atoms with Crippen LogP contribution in [0.4, 0.5) is 0 Å². The number of hydrogen-bond donors (Lipinski definition) is 2. The fourth-order valence-electron chi connectivity index (χ4n) is 2.20. The molecule has 0 aliphatic carbocycles. The Bertz CT molecular complexity index is 653. The van der Waals surface area contributed by atoms with Crippen molar-refractivity contribution in [3.8, 4) is 11.8 Å². The maximum atomic E-state index is 12.5. The molecule has 0 amide bonds. The number of sulfonamides is 1. The Morgan fingerprint density at radius 3 is 2.76 bits per heavy atom. The molecule has 0 spiro atoms. The van der Waals surface area contributed by atoms with E-state index in [1.165, 1.54) is 0 Å². The van der Waals surface area contributed by atoms with Gasteiger partial charge in [0.05, 0.1) is 11.4 Å². The molecule has 1 heterocycles. The molecule has 0 atom stereocenters. The average molecular weight is 308 g/mol. The molecule has 1 aromatic rings. The monoisotopic (exact) mass is 308 g/mol. The quantitative estimate of drug-likeness (QED) is 0.811. The van der Waals surface area contributed by atoms with E-state index in [4.69, 9.17) is 10.5 Å². The standard InChI is InChI=1S/C15H20N2O3S/c1-15(7-10-20-11-8-15)17-21(18,19)14-6-2-4-13(12-14)5-3-9-16/h2,4,6,12,17H,7-11,16H2,1H3. The van der Waals surface area contributed by atoms with Crippen molar-refractivity contribution in [2.24, 2.45) is 5.73 Å². The lowest BCUT2D eigenvalue weighted by Gasteiger charge is -2.34. The summed E-state index contributed by atoms with van der Waals surface area (Å²) in [7, 11) is -3.57. The van der Waals surface area contributed by atoms with Gasteiger partial charge in [0.1, 0.15) is 0 Å². The normalized spacial score (nSPS) is 17.8. The van der Waals surface area contributed by atoms with Crippen LogP contribution >= 0.6 is 0 Å². The predicted molar refractivity (Wildman–Crippen MR) is 81.2 cm³/mol. The Morgan fingerprint density at radius 1 is 1.38 bits per heavy atom. The van der Waals surface area contributed by atoms with Gasteiger partial charge in [-0.2, -0.15) is 0 Å². The highest BCUT2D eigenvalue weighted by Crippen LogP contribution is 2.23. The molecule has 3 N–H and O–H groups in total. The lowest BCUT2D eigenvalue weighted by atomic mass is 9.94. The fourth-order valence-corrected chi connectivity index (χ4v) is 3.71. The van der Waals surface area contributed by atoms with Crippen molar-refractivity contribution in [2.75, 3.05) is 19.8 Å². The molecule has 1 aliphatic heterocycles. The van der Waals surface area contributed by atoms with Crippen LogP contribution in [0.3, 0.4) is 0 Å². The second kappa shape index (κ2) is 6.58. The van der Waals surface area contributed by atoms with Crippen LogP contribution in [0.1, 0.15) is 25.3 Å². The molecule has 0 saturated carbocycles. The van der Waals surface area contributed by atoms with Crippen molar-refractivity contribution in [1.29, 1.82) is 0 Å². The lowest BCUT2D eigenvalue weighted by Crippen LogP contribution is -2.49. The summed E-state index contributed by atoms with van der Waals surface area (Å²) in [5.41, 5.74) is 5.50. The maximum absolute atomic E-state index is 12.5. The van der Waals surface area contributed by atoms with Gasteiger partial charge in [0.25, 0.3) is 0 Å². The van der Waals surface area contributed by atoms with E-state index in [2.05, 4.69) is 16.6 Å². The molecule has 0 radical (unpaired) electrons. The van der Waals surface area contributed by atoms with E-state index in [0.29, 0.717) is 31.6 Å². The van der Waals surface area contributed by atoms with E-state index in [9.17, 15) is 8.42 Å². The molecule has 2 rings (SSSR count). The third kappa shape index (κ3) is 4.29. The summed E-state index contributed by atoms with van der Waals surface area (Å²) in [6.45, 7) is 3.29. The largest absolute Gasteiger partial charge is 0.381 e. The molecule has 5 nitrogen and oxygen atoms in total. The Kier molecular flexibility index (Phi) is 5.01. The van der Waals surface area contributed by atoms with Gasteiger partial charge in [0.15, 0.2) is 0 Å². The summed E-state index contributed by atoms with van der Waals surface area (Å²) in [6.07, 6.45) is 1.33. The Hall–Kier alpha value is -1.39. The molecule has 114 valence electrons. The lowest BCUT2D eigenvalue weighted by molar-refractivity contribution is 0.0537. The molecule has 0 aromatic heterocycles. The van der Waals surface area contributed by atoms with Crippen molar-refractivity contribution >= 4 is 10.0 Å². The van der Waals surface area contributed by atoms with Crippen LogP contribution in [0.5, 0.6) is 0 Å². The van der Waals surface area contributed by atoms with E-state index in [1.807, 2.05) is 6.92 Å². The van der Waals surface area contributed by atoms with Crippen LogP contribution in [-0.4, -0.2) is 33.7 Å². The number of nitrogens with two attached hydrogens (primary N) is 1. The SMILES string of the molecule is CC1(NS(=O)(=O)c2cccc(C#CCN)c2)CCOCC1. The Balaban J connectivity index is 2.23. The van der Waals surface area contributed by atoms with Gasteiger partial charge in [0, 0.05) is 24.3 Å². The highest BCUT2D eigenvalue weighted by atomic mass is 32.2. The van der Waals surface area contributed by atoms with Crippen LogP contribution < -0.4 is 10.5 Å². The smallest absolute Gasteiger partial charge is 0.241 e. The zero-order valence-electron chi connectivity index (χ0n) is 12.1. The first-order valence-corrected chi connectivity index (χ1v) is 8.34. The van der Waals surface area contributed by atoms with Gasteiger partial charge in [0.2, 0.25) is 10.0 Å². The highest BCUT2D eigenvalue weighted by molar-refractivity contribution is 7.89. The van der Waals surface area contributed by atoms with Gasteiger partial charge in [-0.15, -0.1) is 0 Å². The van der Waals surface area contributed by atoms with E-state index in [-0.39, 0.29) is 11.4 Å². The van der Waals surface area contributed by atoms with Crippen LogP contribution in [0.2, 0.25) is 0 Å². The van der Waals surface area contributed by atoms with Gasteiger partial charge in [-0.1, -0.05) is 17.9 Å². The number of rotatable bonds is 3. The van der Waals surface area contributed by atoms with Gasteiger partial charge < -0.3 is 10.5 Å². The Morgan fingerprint density at radius 2 is 2.10 bits per heavy atom. The summed E-state index contributed by atoms with van der Waals surface area (Å²) < 4.78 is 33.1. The van der Waals surface area contributed by atoms with Crippen LogP contribution in [-0.2, 0) is 14.8 Å². The molecule has 0 bridgehead atoms. The minimum Gasteiger partial charge on any atom is -0.381 e. The van der Waals surface area contributed by atoms with Crippen molar-refractivity contribution in [1.82, 2.24) is 4.72 Å². The molecule has 6 heteroatoms. The summed E-state index contributed by atoms with van der Waals surface area (Å²) in [5, 5.41) is 0. The first kappa shape index (κ1) is 16.0. The molecule has 1 saturated heterocycles. The van der Waals surface area contributed by atoms with Crippen molar-refractivity contribution < 1.29 is 13.2 Å². The minimum atomic E-state index is -3.57. The van der Waals surface area contributed by atoms with Crippen molar-refractivity contribution in [3.63, 3.8) is 0 Å². The number of benzene rings is 1. The summed E-state index contributed by atoms with van der Waals surface area (Å²) in [4.78, 5) is 0.221. The van der Waals surface area contributed by atoms with Gasteiger partial charge in [-0.3, -0.25) is 0 Å². The average Bonchev–Trinajstić information content (AvgIpc) is 2.45. The Labute approximate surface area is 125 Å². The van der Waals surface area contributed by atoms with Crippen LogP contribution in [0, 0.1) is 11.8 Å². The topological polar surface area (TPSA) is 81.4 Å². The van der Waals surface area contributed by atoms with E-state index < -0.39 is 15.6 Å². The second-order valence-corrected chi connectivity index (χ2v) is 6.99. The molecular formula is C15H20N2O3S. The first-order valence-electron chi connectivity index (χ1n) is 6.86. The zero-order chi connectivity index (χ0) is 15.3. The zero-order valence-corrected chi connectivity index (χ0v) is 12.9. The summed E-state index contributed by atoms with van der Waals surface area (Å²) in [6, 6.07) is 6.57. The fraction of sp³-hybridized carbons (Fsp3) is 0.467. The molecular weight excluding hydrogens is 288 g/mol. The highest BCUT2D eigenvalue weighted by Gasteiger charge is 2.32. The third-order valence-corrected chi connectivity index (χ3v) is 5.09. The number of nitrogens with one attached hydrogen (secondary N) is 1. The molecule has 0 unspecified atom stereocenters. The van der Waals surface area contributed by atoms with Gasteiger partial charge in [-0.25, -0.2) is 13.1 Å². The maximum Gasteiger partial charge on any atom is 0.241 e. The summed E-state index contributed by atoms with van der Waals surface area (Å²) >= 11 is 0. The first-order chi connectivity index (χ1) is 9.95.